The van der Waals surface area contributed by atoms with E-state index in [0.717, 1.165) is 6.42 Å². The second-order valence-electron chi connectivity index (χ2n) is 3.63. The number of sulfonamides is 1. The van der Waals surface area contributed by atoms with Crippen molar-refractivity contribution < 1.29 is 13.5 Å². The molecule has 0 spiro atoms. The van der Waals surface area contributed by atoms with Crippen LogP contribution in [0.25, 0.3) is 0 Å². The summed E-state index contributed by atoms with van der Waals surface area (Å²) in [6, 6.07) is 0. The third-order valence-corrected chi connectivity index (χ3v) is 4.17. The van der Waals surface area contributed by atoms with Crippen LogP contribution >= 0.6 is 11.6 Å². The van der Waals surface area contributed by atoms with Crippen molar-refractivity contribution in [1.82, 2.24) is 14.3 Å². The van der Waals surface area contributed by atoms with Crippen molar-refractivity contribution in [3.8, 4) is 0 Å². The van der Waals surface area contributed by atoms with E-state index in [2.05, 4.69) is 9.71 Å². The first-order chi connectivity index (χ1) is 7.99. The van der Waals surface area contributed by atoms with Gasteiger partial charge in [0.05, 0.1) is 6.33 Å². The molecule has 0 bridgehead atoms. The zero-order valence-corrected chi connectivity index (χ0v) is 11.1. The lowest BCUT2D eigenvalue weighted by atomic mass is 10.2. The molecule has 6 nitrogen and oxygen atoms in total. The van der Waals surface area contributed by atoms with Crippen molar-refractivity contribution in [3.63, 3.8) is 0 Å². The zero-order chi connectivity index (χ0) is 12.9. The smallest absolute Gasteiger partial charge is 0.261 e. The van der Waals surface area contributed by atoms with Crippen LogP contribution in [0, 0.1) is 0 Å². The van der Waals surface area contributed by atoms with E-state index < -0.39 is 10.0 Å². The first kappa shape index (κ1) is 14.4. The van der Waals surface area contributed by atoms with Crippen molar-refractivity contribution in [2.75, 3.05) is 13.2 Å². The number of unbranched alkanes of at least 4 members (excludes halogenated alkanes) is 2. The maximum absolute atomic E-state index is 11.8. The lowest BCUT2D eigenvalue weighted by molar-refractivity contribution is 0.283. The molecule has 0 aliphatic rings. The van der Waals surface area contributed by atoms with Crippen molar-refractivity contribution in [2.24, 2.45) is 7.05 Å². The van der Waals surface area contributed by atoms with Crippen molar-refractivity contribution >= 4 is 21.6 Å². The number of aromatic nitrogens is 2. The molecule has 0 saturated carbocycles. The number of hydrogen-bond acceptors (Lipinski definition) is 4. The summed E-state index contributed by atoms with van der Waals surface area (Å²) in [5, 5.41) is 8.52. The average Bonchev–Trinajstić information content (AvgIpc) is 2.60. The highest BCUT2D eigenvalue weighted by Crippen LogP contribution is 2.18. The van der Waals surface area contributed by atoms with Crippen LogP contribution in [-0.2, 0) is 17.1 Å². The summed E-state index contributed by atoms with van der Waals surface area (Å²) in [5.41, 5.74) is 0. The number of halogens is 1. The van der Waals surface area contributed by atoms with Crippen LogP contribution in [-0.4, -0.2) is 36.2 Å². The minimum atomic E-state index is -3.63. The molecule has 1 aromatic rings. The van der Waals surface area contributed by atoms with E-state index in [1.54, 1.807) is 7.05 Å². The minimum Gasteiger partial charge on any atom is -0.396 e. The molecule has 0 aliphatic carbocycles. The largest absolute Gasteiger partial charge is 0.396 e. The molecule has 1 aromatic heterocycles. The van der Waals surface area contributed by atoms with E-state index in [4.69, 9.17) is 16.7 Å². The molecule has 0 unspecified atom stereocenters. The molecule has 0 amide bonds. The van der Waals surface area contributed by atoms with E-state index in [0.29, 0.717) is 19.4 Å². The second kappa shape index (κ2) is 6.34. The fraction of sp³-hybridized carbons (Fsp3) is 0.667. The van der Waals surface area contributed by atoms with Gasteiger partial charge in [0.1, 0.15) is 5.15 Å². The highest BCUT2D eigenvalue weighted by molar-refractivity contribution is 7.89. The molecule has 1 rings (SSSR count). The number of aliphatic hydroxyl groups excluding tert-OH is 1. The van der Waals surface area contributed by atoms with E-state index in [9.17, 15) is 8.42 Å². The Morgan fingerprint density at radius 1 is 1.47 bits per heavy atom. The Balaban J connectivity index is 2.55. The number of nitrogens with zero attached hydrogens (tertiary/aromatic N) is 2. The van der Waals surface area contributed by atoms with Crippen molar-refractivity contribution in [2.45, 2.75) is 24.3 Å². The lowest BCUT2D eigenvalue weighted by Crippen LogP contribution is -2.25. The van der Waals surface area contributed by atoms with Gasteiger partial charge in [-0.3, -0.25) is 0 Å². The first-order valence-electron chi connectivity index (χ1n) is 5.26. The van der Waals surface area contributed by atoms with Gasteiger partial charge in [-0.05, 0) is 19.3 Å². The van der Waals surface area contributed by atoms with Gasteiger partial charge in [0, 0.05) is 20.2 Å². The normalized spacial score (nSPS) is 11.9. The molecule has 1 heterocycles. The number of rotatable bonds is 7. The summed E-state index contributed by atoms with van der Waals surface area (Å²) in [7, 11) is -2.01. The molecule has 2 N–H and O–H groups in total. The van der Waals surface area contributed by atoms with Gasteiger partial charge in [-0.15, -0.1) is 0 Å². The lowest BCUT2D eigenvalue weighted by Gasteiger charge is -2.04. The Morgan fingerprint density at radius 3 is 2.71 bits per heavy atom. The van der Waals surface area contributed by atoms with Gasteiger partial charge in [0.15, 0.2) is 0 Å². The number of aliphatic hydroxyl groups is 1. The van der Waals surface area contributed by atoms with Gasteiger partial charge in [-0.1, -0.05) is 11.6 Å². The van der Waals surface area contributed by atoms with Crippen LogP contribution in [0.3, 0.4) is 0 Å². The van der Waals surface area contributed by atoms with E-state index in [1.165, 1.54) is 10.9 Å². The van der Waals surface area contributed by atoms with Crippen molar-refractivity contribution in [1.29, 1.82) is 0 Å². The fourth-order valence-electron chi connectivity index (χ4n) is 1.26. The summed E-state index contributed by atoms with van der Waals surface area (Å²) in [4.78, 5) is 3.74. The summed E-state index contributed by atoms with van der Waals surface area (Å²) in [5.74, 6) is 0. The van der Waals surface area contributed by atoms with Crippen LogP contribution in [0.5, 0.6) is 0 Å². The van der Waals surface area contributed by atoms with Gasteiger partial charge < -0.3 is 9.67 Å². The molecule has 0 aliphatic heterocycles. The van der Waals surface area contributed by atoms with E-state index in [1.807, 2.05) is 0 Å². The SMILES string of the molecule is Cn1cnc(S(=O)(=O)NCCCCCO)c1Cl. The average molecular weight is 282 g/mol. The molecule has 0 atom stereocenters. The maximum atomic E-state index is 11.8. The Morgan fingerprint density at radius 2 is 2.18 bits per heavy atom. The van der Waals surface area contributed by atoms with Crippen molar-refractivity contribution in [3.05, 3.63) is 11.5 Å². The van der Waals surface area contributed by atoms with Crippen LogP contribution in [0.4, 0.5) is 0 Å². The quantitative estimate of drug-likeness (QED) is 0.714. The molecule has 0 saturated heterocycles. The molecule has 98 valence electrons. The molecule has 0 radical (unpaired) electrons. The monoisotopic (exact) mass is 281 g/mol. The number of hydrogen-bond donors (Lipinski definition) is 2. The molecular weight excluding hydrogens is 266 g/mol. The Labute approximate surface area is 106 Å². The number of nitrogens with one attached hydrogen (secondary N) is 1. The topological polar surface area (TPSA) is 84.2 Å². The first-order valence-corrected chi connectivity index (χ1v) is 7.12. The Kier molecular flexibility index (Phi) is 5.38. The molecule has 17 heavy (non-hydrogen) atoms. The summed E-state index contributed by atoms with van der Waals surface area (Å²) in [6.45, 7) is 0.439. The zero-order valence-electron chi connectivity index (χ0n) is 9.56. The highest BCUT2D eigenvalue weighted by Gasteiger charge is 2.21. The molecule has 8 heteroatoms. The standard InChI is InChI=1S/C9H16ClN3O3S/c1-13-7-11-9(8(13)10)17(15,16)12-5-3-2-4-6-14/h7,12,14H,2-6H2,1H3. The maximum Gasteiger partial charge on any atom is 0.261 e. The van der Waals surface area contributed by atoms with Crippen LogP contribution in [0.1, 0.15) is 19.3 Å². The Hall–Kier alpha value is -0.630. The van der Waals surface area contributed by atoms with Gasteiger partial charge in [0.25, 0.3) is 10.0 Å². The minimum absolute atomic E-state index is 0.0906. The number of aryl methyl sites for hydroxylation is 1. The van der Waals surface area contributed by atoms with Gasteiger partial charge in [-0.2, -0.15) is 0 Å². The summed E-state index contributed by atoms with van der Waals surface area (Å²) < 4.78 is 27.4. The van der Waals surface area contributed by atoms with Gasteiger partial charge in [0.2, 0.25) is 5.03 Å². The van der Waals surface area contributed by atoms with Crippen LogP contribution in [0.2, 0.25) is 5.15 Å². The van der Waals surface area contributed by atoms with E-state index >= 15 is 0 Å². The molecular formula is C9H16ClN3O3S. The molecule has 0 aromatic carbocycles. The van der Waals surface area contributed by atoms with Crippen LogP contribution in [0.15, 0.2) is 11.4 Å². The molecule has 0 fully saturated rings. The Bertz CT molecular complexity index is 458. The third-order valence-electron chi connectivity index (χ3n) is 2.22. The summed E-state index contributed by atoms with van der Waals surface area (Å²) >= 11 is 5.80. The van der Waals surface area contributed by atoms with Gasteiger partial charge >= 0.3 is 0 Å². The highest BCUT2D eigenvalue weighted by atomic mass is 35.5. The fourth-order valence-corrected chi connectivity index (χ4v) is 2.76. The van der Waals surface area contributed by atoms with Crippen LogP contribution < -0.4 is 4.72 Å². The predicted molar refractivity (Wildman–Crippen MR) is 64.3 cm³/mol. The number of imidazole rings is 1. The second-order valence-corrected chi connectivity index (χ2v) is 5.67. The van der Waals surface area contributed by atoms with E-state index in [-0.39, 0.29) is 16.8 Å². The predicted octanol–water partition coefficient (Wildman–Crippen LogP) is 0.514. The van der Waals surface area contributed by atoms with Gasteiger partial charge in [-0.25, -0.2) is 18.1 Å². The third kappa shape index (κ3) is 3.95. The summed E-state index contributed by atoms with van der Waals surface area (Å²) in [6.07, 6.45) is 3.47.